The summed E-state index contributed by atoms with van der Waals surface area (Å²) in [5.41, 5.74) is 0. The van der Waals surface area contributed by atoms with Crippen molar-refractivity contribution in [1.82, 2.24) is 0 Å². The highest BCUT2D eigenvalue weighted by molar-refractivity contribution is 7.51. The van der Waals surface area contributed by atoms with Crippen LogP contribution in [0.15, 0.2) is 0 Å². The highest BCUT2D eigenvalue weighted by Crippen LogP contribution is 2.81. The van der Waals surface area contributed by atoms with Crippen molar-refractivity contribution in [1.29, 1.82) is 0 Å². The lowest BCUT2D eigenvalue weighted by Crippen LogP contribution is -2.56. The first-order chi connectivity index (χ1) is 13.7. The van der Waals surface area contributed by atoms with Gasteiger partial charge in [0.05, 0.1) is 0 Å². The molecule has 0 aromatic carbocycles. The predicted octanol–water partition coefficient (Wildman–Crippen LogP) is 9.04. The molecule has 0 aromatic rings. The van der Waals surface area contributed by atoms with E-state index >= 15 is 0 Å². The van der Waals surface area contributed by atoms with Crippen molar-refractivity contribution in [2.45, 2.75) is 148 Å². The Morgan fingerprint density at radius 1 is 0.500 bits per heavy atom. The maximum atomic E-state index is 11.1. The Hall–Kier alpha value is 0.110. The Balaban J connectivity index is 1.18. The smallest absolute Gasteiger partial charge is 0.227 e. The van der Waals surface area contributed by atoms with Crippen LogP contribution in [0.25, 0.3) is 0 Å². The van der Waals surface area contributed by atoms with E-state index in [9.17, 15) is 4.57 Å². The fourth-order valence-electron chi connectivity index (χ4n) is 4.27. The van der Waals surface area contributed by atoms with Crippen LogP contribution in [-0.4, -0.2) is 5.97 Å². The summed E-state index contributed by atoms with van der Waals surface area (Å²) in [6.07, 6.45) is 28.4. The fourth-order valence-corrected chi connectivity index (χ4v) is 5.60. The standard InChI is InChI=1S/C23H45O4P/c1-2-3-4-5-6-7-8-9-10-11-12-13-14-15-16-17-18-19-20-21-22-23-25-28(24,26-23)27-23/h2-22H2,1H3. The number of hydrogen-bond donors (Lipinski definition) is 0. The van der Waals surface area contributed by atoms with Gasteiger partial charge in [-0.2, -0.15) is 0 Å². The molecule has 0 radical (unpaired) electrons. The fraction of sp³-hybridized carbons (Fsp3) is 1.00. The van der Waals surface area contributed by atoms with Gasteiger partial charge in [-0.05, 0) is 6.42 Å². The zero-order chi connectivity index (χ0) is 20.0. The Bertz CT molecular complexity index is 414. The molecule has 0 unspecified atom stereocenters. The summed E-state index contributed by atoms with van der Waals surface area (Å²) in [6.45, 7) is 2.29. The van der Waals surface area contributed by atoms with Crippen LogP contribution in [0.1, 0.15) is 142 Å². The van der Waals surface area contributed by atoms with E-state index in [1.165, 1.54) is 122 Å². The number of rotatable bonds is 21. The largest absolute Gasteiger partial charge is 0.488 e. The molecule has 4 nitrogen and oxygen atoms in total. The van der Waals surface area contributed by atoms with E-state index in [-0.39, 0.29) is 0 Å². The van der Waals surface area contributed by atoms with Crippen molar-refractivity contribution >= 4 is 7.82 Å². The summed E-state index contributed by atoms with van der Waals surface area (Å²) >= 11 is 0. The molecule has 3 fully saturated rings. The van der Waals surface area contributed by atoms with Gasteiger partial charge in [-0.25, -0.2) is 18.1 Å². The first kappa shape index (κ1) is 24.4. The lowest BCUT2D eigenvalue weighted by atomic mass is 10.0. The van der Waals surface area contributed by atoms with E-state index in [1.807, 2.05) is 0 Å². The number of hydrogen-bond acceptors (Lipinski definition) is 4. The van der Waals surface area contributed by atoms with Crippen LogP contribution in [-0.2, 0) is 18.1 Å². The quantitative estimate of drug-likeness (QED) is 0.138. The van der Waals surface area contributed by atoms with Gasteiger partial charge < -0.3 is 0 Å². The van der Waals surface area contributed by atoms with Crippen LogP contribution in [0.2, 0.25) is 0 Å². The normalized spacial score (nSPS) is 25.5. The Morgan fingerprint density at radius 3 is 1.07 bits per heavy atom. The predicted molar refractivity (Wildman–Crippen MR) is 116 cm³/mol. The summed E-state index contributed by atoms with van der Waals surface area (Å²) in [5.74, 6) is -0.899. The molecule has 0 saturated carbocycles. The molecular formula is C23H45O4P. The van der Waals surface area contributed by atoms with Crippen molar-refractivity contribution in [2.75, 3.05) is 0 Å². The molecule has 0 aliphatic carbocycles. The Kier molecular flexibility index (Phi) is 12.3. The van der Waals surface area contributed by atoms with Crippen molar-refractivity contribution in [3.63, 3.8) is 0 Å². The van der Waals surface area contributed by atoms with Crippen LogP contribution in [0.4, 0.5) is 0 Å². The summed E-state index contributed by atoms with van der Waals surface area (Å²) < 4.78 is 26.2. The van der Waals surface area contributed by atoms with Crippen LogP contribution in [0.3, 0.4) is 0 Å². The van der Waals surface area contributed by atoms with Crippen LogP contribution in [0, 0.1) is 0 Å². The number of phosphoric acid groups is 1. The zero-order valence-corrected chi connectivity index (χ0v) is 19.3. The third-order valence-electron chi connectivity index (χ3n) is 6.09. The van der Waals surface area contributed by atoms with Crippen molar-refractivity contribution in [3.05, 3.63) is 0 Å². The molecule has 0 N–H and O–H groups in total. The van der Waals surface area contributed by atoms with Crippen molar-refractivity contribution in [2.24, 2.45) is 0 Å². The topological polar surface area (TPSA) is 44.8 Å². The lowest BCUT2D eigenvalue weighted by Gasteiger charge is -2.55. The molecular weight excluding hydrogens is 371 g/mol. The molecule has 3 heterocycles. The molecule has 5 heteroatoms. The van der Waals surface area contributed by atoms with E-state index in [1.54, 1.807) is 0 Å². The summed E-state index contributed by atoms with van der Waals surface area (Å²) in [6, 6.07) is 0. The summed E-state index contributed by atoms with van der Waals surface area (Å²) in [5, 5.41) is 0. The van der Waals surface area contributed by atoms with Gasteiger partial charge in [0, 0.05) is 6.42 Å². The first-order valence-corrected chi connectivity index (χ1v) is 13.9. The molecule has 0 amide bonds. The monoisotopic (exact) mass is 416 g/mol. The van der Waals surface area contributed by atoms with E-state index < -0.39 is 13.8 Å². The van der Waals surface area contributed by atoms with E-state index in [4.69, 9.17) is 13.6 Å². The zero-order valence-electron chi connectivity index (χ0n) is 18.4. The molecule has 28 heavy (non-hydrogen) atoms. The first-order valence-electron chi connectivity index (χ1n) is 12.4. The molecule has 3 rings (SSSR count). The van der Waals surface area contributed by atoms with Gasteiger partial charge in [0.15, 0.2) is 0 Å². The molecule has 0 atom stereocenters. The molecule has 166 valence electrons. The van der Waals surface area contributed by atoms with Gasteiger partial charge in [-0.1, -0.05) is 129 Å². The number of phosphoric ester groups is 1. The minimum atomic E-state index is -2.98. The molecule has 3 aliphatic heterocycles. The Morgan fingerprint density at radius 2 is 0.786 bits per heavy atom. The minimum absolute atomic E-state index is 0.718. The van der Waals surface area contributed by atoms with E-state index in [0.29, 0.717) is 0 Å². The van der Waals surface area contributed by atoms with Crippen molar-refractivity contribution in [3.8, 4) is 0 Å². The second kappa shape index (κ2) is 14.2. The second-order valence-corrected chi connectivity index (χ2v) is 10.3. The molecule has 3 saturated heterocycles. The van der Waals surface area contributed by atoms with Gasteiger partial charge in [-0.15, -0.1) is 0 Å². The van der Waals surface area contributed by atoms with Crippen LogP contribution >= 0.6 is 7.82 Å². The lowest BCUT2D eigenvalue weighted by molar-refractivity contribution is -0.430. The van der Waals surface area contributed by atoms with Gasteiger partial charge in [-0.3, -0.25) is 0 Å². The highest BCUT2D eigenvalue weighted by Gasteiger charge is 2.74. The van der Waals surface area contributed by atoms with Crippen LogP contribution < -0.4 is 0 Å². The third kappa shape index (κ3) is 9.74. The maximum Gasteiger partial charge on any atom is 0.488 e. The summed E-state index contributed by atoms with van der Waals surface area (Å²) in [4.78, 5) is 0. The average Bonchev–Trinajstić information content (AvgIpc) is 2.64. The van der Waals surface area contributed by atoms with Gasteiger partial charge >= 0.3 is 13.8 Å². The molecule has 0 aromatic heterocycles. The van der Waals surface area contributed by atoms with Crippen molar-refractivity contribution < 1.29 is 18.1 Å². The molecule has 0 spiro atoms. The molecule has 3 aliphatic rings. The van der Waals surface area contributed by atoms with Gasteiger partial charge in [0.2, 0.25) is 0 Å². The third-order valence-corrected chi connectivity index (χ3v) is 7.59. The highest BCUT2D eigenvalue weighted by atomic mass is 31.2. The number of unbranched alkanes of at least 4 members (excludes halogenated alkanes) is 19. The SMILES string of the molecule is CCCCCCCCCCCCCCCCCCCCCCC12OP(=O)(O1)O2. The molecule has 2 bridgehead atoms. The van der Waals surface area contributed by atoms with E-state index in [2.05, 4.69) is 6.92 Å². The summed E-state index contributed by atoms with van der Waals surface area (Å²) in [7, 11) is -2.98. The van der Waals surface area contributed by atoms with E-state index in [0.717, 1.165) is 12.8 Å². The Labute approximate surface area is 174 Å². The van der Waals surface area contributed by atoms with Gasteiger partial charge in [0.25, 0.3) is 0 Å². The maximum absolute atomic E-state index is 11.1. The minimum Gasteiger partial charge on any atom is -0.227 e. The second-order valence-electron chi connectivity index (χ2n) is 8.87. The van der Waals surface area contributed by atoms with Gasteiger partial charge in [0.1, 0.15) is 0 Å². The average molecular weight is 417 g/mol. The van der Waals surface area contributed by atoms with Crippen LogP contribution in [0.5, 0.6) is 0 Å².